The number of carboxylic acids is 1. The van der Waals surface area contributed by atoms with Crippen LogP contribution in [0.15, 0.2) is 60.7 Å². The molecular weight excluding hydrogens is 469 g/mol. The summed E-state index contributed by atoms with van der Waals surface area (Å²) in [5.41, 5.74) is 17.5. The van der Waals surface area contributed by atoms with Crippen LogP contribution in [0.4, 0.5) is 15.8 Å². The van der Waals surface area contributed by atoms with E-state index in [9.17, 15) is 19.1 Å². The summed E-state index contributed by atoms with van der Waals surface area (Å²) in [4.78, 5) is 22.2. The normalized spacial score (nSPS) is 10.9. The molecule has 10 nitrogen and oxygen atoms in total. The number of rotatable bonds is 9. The lowest BCUT2D eigenvalue weighted by Gasteiger charge is -2.19. The molecule has 0 heterocycles. The lowest BCUT2D eigenvalue weighted by Crippen LogP contribution is -2.28. The van der Waals surface area contributed by atoms with Crippen molar-refractivity contribution < 1.29 is 28.9 Å². The van der Waals surface area contributed by atoms with Crippen molar-refractivity contribution in [2.24, 2.45) is 11.5 Å². The van der Waals surface area contributed by atoms with E-state index in [0.717, 1.165) is 12.1 Å². The number of amides is 1. The Balaban J connectivity index is 0.000000380. The number of carboxylic acid groups (broad SMARTS) is 1. The lowest BCUT2D eigenvalue weighted by molar-refractivity contribution is -0.118. The second-order valence-electron chi connectivity index (χ2n) is 7.56. The second-order valence-corrected chi connectivity index (χ2v) is 7.56. The van der Waals surface area contributed by atoms with E-state index in [1.165, 1.54) is 6.07 Å². The predicted octanol–water partition coefficient (Wildman–Crippen LogP) is 3.21. The van der Waals surface area contributed by atoms with Crippen LogP contribution in [-0.2, 0) is 4.79 Å². The van der Waals surface area contributed by atoms with Crippen molar-refractivity contribution in [3.8, 4) is 11.5 Å². The Morgan fingerprint density at radius 1 is 1.11 bits per heavy atom. The Kier molecular flexibility index (Phi) is 9.61. The molecule has 0 spiro atoms. The fraction of sp³-hybridized carbons (Fsp3) is 0.160. The number of nitrogen functional groups attached to an aromatic ring is 2. The quantitative estimate of drug-likeness (QED) is 0.133. The highest BCUT2D eigenvalue weighted by molar-refractivity contribution is 5.95. The first-order chi connectivity index (χ1) is 17.0. The fourth-order valence-electron chi connectivity index (χ4n) is 3.04. The summed E-state index contributed by atoms with van der Waals surface area (Å²) in [7, 11) is 0. The number of primary amides is 1. The molecule has 0 aliphatic heterocycles. The first-order valence-corrected chi connectivity index (χ1v) is 10.8. The number of aromatic hydroxyl groups is 1. The molecule has 0 saturated heterocycles. The summed E-state index contributed by atoms with van der Waals surface area (Å²) in [5.74, 6) is -3.08. The van der Waals surface area contributed by atoms with Crippen molar-refractivity contribution in [2.75, 3.05) is 17.7 Å². The maximum absolute atomic E-state index is 14.7. The van der Waals surface area contributed by atoms with E-state index in [1.54, 1.807) is 42.5 Å². The molecule has 190 valence electrons. The van der Waals surface area contributed by atoms with Gasteiger partial charge in [-0.2, -0.15) is 0 Å². The Bertz CT molecular complexity index is 1230. The number of para-hydroxylation sites is 1. The molecule has 3 aromatic carbocycles. The average Bonchev–Trinajstić information content (AvgIpc) is 2.83. The van der Waals surface area contributed by atoms with Crippen LogP contribution in [-0.4, -0.2) is 34.5 Å². The van der Waals surface area contributed by atoms with E-state index < -0.39 is 23.7 Å². The van der Waals surface area contributed by atoms with E-state index >= 15 is 0 Å². The van der Waals surface area contributed by atoms with Crippen LogP contribution >= 0.6 is 0 Å². The molecule has 0 saturated carbocycles. The number of ether oxygens (including phenoxy) is 1. The molecule has 0 aromatic heterocycles. The number of nitrogens with two attached hydrogens (primary N) is 3. The second kappa shape index (κ2) is 12.6. The number of carbonyl (C=O) groups excluding carboxylic acids is 1. The Labute approximate surface area is 207 Å². The highest BCUT2D eigenvalue weighted by Crippen LogP contribution is 2.32. The summed E-state index contributed by atoms with van der Waals surface area (Å²) < 4.78 is 20.0. The number of aromatic carboxylic acids is 1. The molecule has 3 rings (SSSR count). The number of phenolic OH excluding ortho intramolecular Hbond substituents is 1. The highest BCUT2D eigenvalue weighted by Gasteiger charge is 2.25. The SMILES string of the molecule is CCCOc1cc(O)cc(C(Nc2ccc(C(=N)N)cc2)C(N)=O)c1F.Nc1ccccc1C(=O)O. The van der Waals surface area contributed by atoms with Crippen LogP contribution in [0.3, 0.4) is 0 Å². The molecule has 0 radical (unpaired) electrons. The maximum Gasteiger partial charge on any atom is 0.337 e. The topological polar surface area (TPSA) is 198 Å². The van der Waals surface area contributed by atoms with Gasteiger partial charge in [0.1, 0.15) is 17.6 Å². The Morgan fingerprint density at radius 2 is 1.75 bits per heavy atom. The Morgan fingerprint density at radius 3 is 2.25 bits per heavy atom. The number of hydrogen-bond donors (Lipinski definition) is 7. The molecule has 11 heteroatoms. The molecule has 0 aliphatic rings. The van der Waals surface area contributed by atoms with Gasteiger partial charge in [0.25, 0.3) is 0 Å². The zero-order valence-electron chi connectivity index (χ0n) is 19.5. The third-order valence-corrected chi connectivity index (χ3v) is 4.81. The number of nitrogens with one attached hydrogen (secondary N) is 2. The van der Waals surface area contributed by atoms with Gasteiger partial charge in [0.2, 0.25) is 5.91 Å². The average molecular weight is 498 g/mol. The molecule has 0 fully saturated rings. The van der Waals surface area contributed by atoms with Crippen LogP contribution < -0.4 is 27.3 Å². The van der Waals surface area contributed by atoms with Crippen LogP contribution in [0.25, 0.3) is 0 Å². The molecule has 3 aromatic rings. The van der Waals surface area contributed by atoms with Crippen molar-refractivity contribution in [1.29, 1.82) is 5.41 Å². The minimum Gasteiger partial charge on any atom is -0.508 e. The van der Waals surface area contributed by atoms with Gasteiger partial charge in [-0.15, -0.1) is 0 Å². The van der Waals surface area contributed by atoms with E-state index in [4.69, 9.17) is 32.5 Å². The first kappa shape index (κ1) is 27.4. The molecule has 0 aliphatic carbocycles. The van der Waals surface area contributed by atoms with E-state index in [1.807, 2.05) is 6.92 Å². The largest absolute Gasteiger partial charge is 0.508 e. The van der Waals surface area contributed by atoms with Crippen LogP contribution in [0.1, 0.15) is 40.9 Å². The first-order valence-electron chi connectivity index (χ1n) is 10.8. The van der Waals surface area contributed by atoms with Gasteiger partial charge in [-0.05, 0) is 48.9 Å². The summed E-state index contributed by atoms with van der Waals surface area (Å²) in [6, 6.07) is 13.7. The molecule has 1 amide bonds. The molecule has 10 N–H and O–H groups in total. The third-order valence-electron chi connectivity index (χ3n) is 4.81. The molecule has 1 atom stereocenters. The summed E-state index contributed by atoms with van der Waals surface area (Å²) in [6.45, 7) is 2.13. The van der Waals surface area contributed by atoms with Crippen molar-refractivity contribution in [3.05, 3.63) is 83.2 Å². The summed E-state index contributed by atoms with van der Waals surface area (Å²) in [6.07, 6.45) is 0.657. The van der Waals surface area contributed by atoms with Gasteiger partial charge in [0.15, 0.2) is 11.6 Å². The number of halogens is 1. The minimum atomic E-state index is -1.23. The van der Waals surface area contributed by atoms with Crippen LogP contribution in [0.2, 0.25) is 0 Å². The number of anilines is 2. The van der Waals surface area contributed by atoms with Gasteiger partial charge in [-0.25, -0.2) is 9.18 Å². The number of hydrogen-bond acceptors (Lipinski definition) is 7. The predicted molar refractivity (Wildman–Crippen MR) is 135 cm³/mol. The van der Waals surface area contributed by atoms with Crippen molar-refractivity contribution in [1.82, 2.24) is 0 Å². The smallest absolute Gasteiger partial charge is 0.337 e. The van der Waals surface area contributed by atoms with E-state index in [2.05, 4.69) is 5.32 Å². The maximum atomic E-state index is 14.7. The number of carbonyl (C=O) groups is 2. The number of benzene rings is 3. The molecule has 1 unspecified atom stereocenters. The molecule has 0 bridgehead atoms. The van der Waals surface area contributed by atoms with E-state index in [0.29, 0.717) is 23.4 Å². The highest BCUT2D eigenvalue weighted by atomic mass is 19.1. The monoisotopic (exact) mass is 497 g/mol. The Hall–Kier alpha value is -4.80. The van der Waals surface area contributed by atoms with Crippen molar-refractivity contribution >= 4 is 29.1 Å². The zero-order chi connectivity index (χ0) is 26.8. The summed E-state index contributed by atoms with van der Waals surface area (Å²) in [5, 5.41) is 28.5. The molecule has 36 heavy (non-hydrogen) atoms. The van der Waals surface area contributed by atoms with Crippen molar-refractivity contribution in [3.63, 3.8) is 0 Å². The zero-order valence-corrected chi connectivity index (χ0v) is 19.5. The van der Waals surface area contributed by atoms with Gasteiger partial charge in [-0.3, -0.25) is 10.2 Å². The van der Waals surface area contributed by atoms with Gasteiger partial charge >= 0.3 is 5.97 Å². The van der Waals surface area contributed by atoms with Crippen LogP contribution in [0, 0.1) is 11.2 Å². The minimum absolute atomic E-state index is 0.0975. The fourth-order valence-corrected chi connectivity index (χ4v) is 3.04. The number of phenols is 1. The number of amidine groups is 1. The van der Waals surface area contributed by atoms with Gasteiger partial charge in [-0.1, -0.05) is 19.1 Å². The van der Waals surface area contributed by atoms with Crippen molar-refractivity contribution in [2.45, 2.75) is 19.4 Å². The van der Waals surface area contributed by atoms with Gasteiger partial charge in [0.05, 0.1) is 12.2 Å². The lowest BCUT2D eigenvalue weighted by atomic mass is 10.0. The summed E-state index contributed by atoms with van der Waals surface area (Å²) >= 11 is 0. The van der Waals surface area contributed by atoms with E-state index in [-0.39, 0.29) is 35.1 Å². The standard InChI is InChI=1S/C18H21FN4O3.C7H7NO2/c1-2-7-26-14-9-12(24)8-13(15(14)19)16(18(22)25)23-11-5-3-10(4-6-11)17(20)21;8-6-4-2-1-3-5(6)7(9)10/h3-6,8-9,16,23-24H,2,7H2,1H3,(H3,20,21)(H2,22,25);1-4H,8H2,(H,9,10). The van der Waals surface area contributed by atoms with Gasteiger partial charge in [0, 0.05) is 28.6 Å². The van der Waals surface area contributed by atoms with Crippen LogP contribution in [0.5, 0.6) is 11.5 Å². The molecular formula is C25H28FN5O5. The van der Waals surface area contributed by atoms with Gasteiger partial charge < -0.3 is 37.5 Å². The third kappa shape index (κ3) is 7.35.